The zero-order chi connectivity index (χ0) is 22.7. The van der Waals surface area contributed by atoms with Gasteiger partial charge in [-0.1, -0.05) is 36.4 Å². The Morgan fingerprint density at radius 3 is 2.78 bits per heavy atom. The molecule has 3 aromatic rings. The molecule has 0 radical (unpaired) electrons. The number of benzene rings is 2. The molecule has 32 heavy (non-hydrogen) atoms. The normalized spacial score (nSPS) is 31.7. The average Bonchev–Trinajstić information content (AvgIpc) is 3.40. The summed E-state index contributed by atoms with van der Waals surface area (Å²) in [5.74, 6) is 0.413. The van der Waals surface area contributed by atoms with Gasteiger partial charge in [0.1, 0.15) is 17.3 Å². The second-order valence-corrected chi connectivity index (χ2v) is 9.39. The van der Waals surface area contributed by atoms with Crippen LogP contribution in [0, 0.1) is 4.77 Å². The predicted molar refractivity (Wildman–Crippen MR) is 117 cm³/mol. The molecule has 1 saturated heterocycles. The number of rotatable bonds is 5. The molecule has 1 aromatic heterocycles. The Kier molecular flexibility index (Phi) is 5.05. The monoisotopic (exact) mass is 475 g/mol. The second-order valence-electron chi connectivity index (χ2n) is 8.16. The van der Waals surface area contributed by atoms with Gasteiger partial charge in [0.25, 0.3) is 5.56 Å². The number of hydrogen-bond donors (Lipinski definition) is 3. The molecule has 2 aromatic carbocycles. The summed E-state index contributed by atoms with van der Waals surface area (Å²) in [6, 6.07) is 14.2. The van der Waals surface area contributed by atoms with Crippen molar-refractivity contribution in [3.8, 4) is 5.75 Å². The van der Waals surface area contributed by atoms with E-state index in [0.717, 1.165) is 10.8 Å². The first-order valence-electron chi connectivity index (χ1n) is 9.92. The van der Waals surface area contributed by atoms with Crippen molar-refractivity contribution >= 4 is 31.2 Å². The lowest BCUT2D eigenvalue weighted by Crippen LogP contribution is -2.45. The molecule has 2 aliphatic rings. The fourth-order valence-corrected chi connectivity index (χ4v) is 5.30. The summed E-state index contributed by atoms with van der Waals surface area (Å²) in [6.07, 6.45) is -1.59. The van der Waals surface area contributed by atoms with Crippen molar-refractivity contribution < 1.29 is 28.6 Å². The van der Waals surface area contributed by atoms with Crippen LogP contribution in [-0.4, -0.2) is 43.2 Å². The lowest BCUT2D eigenvalue weighted by molar-refractivity contribution is -0.0993. The van der Waals surface area contributed by atoms with Gasteiger partial charge in [-0.05, 0) is 30.6 Å². The largest absolute Gasteiger partial charge is 0.750 e. The van der Waals surface area contributed by atoms with Gasteiger partial charge in [-0.3, -0.25) is 14.3 Å². The zero-order valence-electron chi connectivity index (χ0n) is 16.9. The van der Waals surface area contributed by atoms with Crippen LogP contribution in [0.5, 0.6) is 5.75 Å². The van der Waals surface area contributed by atoms with Crippen LogP contribution < -0.4 is 10.1 Å². The number of nitrogens with one attached hydrogen (secondary N) is 1. The lowest BCUT2D eigenvalue weighted by atomic mass is 9.95. The van der Waals surface area contributed by atoms with E-state index in [0.29, 0.717) is 5.75 Å². The first kappa shape index (κ1) is 21.4. The molecule has 1 spiro atoms. The Bertz CT molecular complexity index is 1330. The number of fused-ring (bicyclic) bond motifs is 1. The smallest absolute Gasteiger partial charge is 0.387 e. The summed E-state index contributed by atoms with van der Waals surface area (Å²) in [5, 5.41) is 23.5. The molecule has 2 heterocycles. The number of ether oxygens (including phenoxy) is 1. The number of hydrogen-bond acceptors (Lipinski definition) is 8. The van der Waals surface area contributed by atoms with Gasteiger partial charge in [0.2, 0.25) is 0 Å². The molecule has 0 amide bonds. The van der Waals surface area contributed by atoms with Crippen LogP contribution in [-0.2, 0) is 13.8 Å². The number of aromatic nitrogens is 2. The first-order valence-corrected chi connectivity index (χ1v) is 11.4. The lowest BCUT2D eigenvalue weighted by Gasteiger charge is -2.27. The Morgan fingerprint density at radius 1 is 1.25 bits per heavy atom. The van der Waals surface area contributed by atoms with Crippen LogP contribution in [0.25, 0.3) is 10.8 Å². The fraction of sp³-hybridized carbons (Fsp3) is 0.333. The van der Waals surface area contributed by atoms with Crippen LogP contribution >= 0.6 is 20.5 Å². The van der Waals surface area contributed by atoms with Gasteiger partial charge in [-0.25, -0.2) is 4.52 Å². The predicted octanol–water partition coefficient (Wildman–Crippen LogP) is 2.96. The Labute approximate surface area is 188 Å². The maximum absolute atomic E-state index is 12.6. The van der Waals surface area contributed by atoms with Gasteiger partial charge in [-0.15, -0.1) is 4.52 Å². The Morgan fingerprint density at radius 2 is 2.00 bits per heavy atom. The molecule has 166 valence electrons. The van der Waals surface area contributed by atoms with E-state index in [-0.39, 0.29) is 11.2 Å². The van der Waals surface area contributed by atoms with Crippen molar-refractivity contribution in [3.05, 3.63) is 69.9 Å². The Hall–Kier alpha value is -2.46. The van der Waals surface area contributed by atoms with Crippen LogP contribution in [0.2, 0.25) is 0 Å². The van der Waals surface area contributed by atoms with Crippen molar-refractivity contribution in [2.75, 3.05) is 0 Å². The molecule has 6 unspecified atom stereocenters. The SMILES string of the molecule is CC1(O)C(n2ccc(=O)[nH]c2=S)OC2(CC2O[P+](=O)Oc2cccc3ccccc23)C1O. The van der Waals surface area contributed by atoms with Gasteiger partial charge < -0.3 is 14.9 Å². The minimum absolute atomic E-state index is 0.0375. The van der Waals surface area contributed by atoms with E-state index in [4.69, 9.17) is 26.0 Å². The van der Waals surface area contributed by atoms with Crippen LogP contribution in [0.15, 0.2) is 59.5 Å². The molecule has 9 nitrogen and oxygen atoms in total. The summed E-state index contributed by atoms with van der Waals surface area (Å²) in [4.78, 5) is 13.9. The van der Waals surface area contributed by atoms with Crippen molar-refractivity contribution in [3.63, 3.8) is 0 Å². The fourth-order valence-electron chi connectivity index (χ4n) is 4.22. The highest BCUT2D eigenvalue weighted by Crippen LogP contribution is 2.60. The van der Waals surface area contributed by atoms with E-state index in [2.05, 4.69) is 4.98 Å². The van der Waals surface area contributed by atoms with Crippen molar-refractivity contribution in [1.29, 1.82) is 0 Å². The van der Waals surface area contributed by atoms with Gasteiger partial charge in [0, 0.05) is 28.6 Å². The third kappa shape index (κ3) is 3.40. The molecular weight excluding hydrogens is 455 g/mol. The highest BCUT2D eigenvalue weighted by molar-refractivity contribution is 7.71. The topological polar surface area (TPSA) is 123 Å². The number of aliphatic hydroxyl groups excluding tert-OH is 1. The van der Waals surface area contributed by atoms with E-state index in [1.165, 1.54) is 23.8 Å². The molecule has 1 saturated carbocycles. The van der Waals surface area contributed by atoms with Crippen molar-refractivity contribution in [1.82, 2.24) is 9.55 Å². The molecule has 2 fully saturated rings. The quantitative estimate of drug-likeness (QED) is 0.380. The van der Waals surface area contributed by atoms with Gasteiger partial charge >= 0.3 is 8.25 Å². The molecular formula is C21H20N2O7PS+. The van der Waals surface area contributed by atoms with Crippen LogP contribution in [0.1, 0.15) is 19.6 Å². The average molecular weight is 475 g/mol. The highest BCUT2D eigenvalue weighted by atomic mass is 32.1. The highest BCUT2D eigenvalue weighted by Gasteiger charge is 2.76. The third-order valence-electron chi connectivity index (χ3n) is 5.98. The summed E-state index contributed by atoms with van der Waals surface area (Å²) in [7, 11) is -2.58. The number of aromatic amines is 1. The number of aliphatic hydroxyl groups is 2. The second kappa shape index (κ2) is 7.55. The summed E-state index contributed by atoms with van der Waals surface area (Å²) < 4.78 is 31.1. The maximum Gasteiger partial charge on any atom is 0.750 e. The van der Waals surface area contributed by atoms with Crippen molar-refractivity contribution in [2.24, 2.45) is 0 Å². The van der Waals surface area contributed by atoms with Crippen LogP contribution in [0.3, 0.4) is 0 Å². The maximum atomic E-state index is 12.6. The Balaban J connectivity index is 1.34. The van der Waals surface area contributed by atoms with Gasteiger partial charge in [0.05, 0.1) is 0 Å². The molecule has 5 rings (SSSR count). The molecule has 1 aliphatic heterocycles. The minimum Gasteiger partial charge on any atom is -0.387 e. The van der Waals surface area contributed by atoms with E-state index in [1.807, 2.05) is 30.3 Å². The van der Waals surface area contributed by atoms with Gasteiger partial charge in [-0.2, -0.15) is 0 Å². The summed E-state index contributed by atoms with van der Waals surface area (Å²) in [5.41, 5.74) is -3.41. The standard InChI is InChI=1S/C21H19N2O7PS/c1-20(26)17(25)21(28-18(20)23-10-9-16(24)22-19(23)32)11-15(21)30-31(27)29-14-8-4-6-12-5-2-3-7-13(12)14/h2-10,15,17-18,25-26H,11H2,1H3/p+1. The van der Waals surface area contributed by atoms with Crippen LogP contribution in [0.4, 0.5) is 0 Å². The summed E-state index contributed by atoms with van der Waals surface area (Å²) >= 11 is 5.16. The van der Waals surface area contributed by atoms with E-state index < -0.39 is 43.5 Å². The number of H-pyrrole nitrogens is 1. The zero-order valence-corrected chi connectivity index (χ0v) is 18.6. The third-order valence-corrected chi connectivity index (χ3v) is 7.06. The molecule has 6 atom stereocenters. The minimum atomic E-state index is -2.58. The van der Waals surface area contributed by atoms with E-state index >= 15 is 0 Å². The van der Waals surface area contributed by atoms with E-state index in [9.17, 15) is 19.6 Å². The summed E-state index contributed by atoms with van der Waals surface area (Å²) in [6.45, 7) is 1.41. The van der Waals surface area contributed by atoms with Crippen molar-refractivity contribution in [2.45, 2.75) is 43.0 Å². The molecule has 0 bridgehead atoms. The number of nitrogens with zero attached hydrogens (tertiary/aromatic N) is 1. The first-order chi connectivity index (χ1) is 15.2. The van der Waals surface area contributed by atoms with E-state index in [1.54, 1.807) is 12.1 Å². The molecule has 11 heteroatoms. The van der Waals surface area contributed by atoms with Gasteiger partial charge in [0.15, 0.2) is 22.9 Å². The molecule has 3 N–H and O–H groups in total. The molecule has 1 aliphatic carbocycles.